The summed E-state index contributed by atoms with van der Waals surface area (Å²) in [5, 5.41) is 0. The maximum absolute atomic E-state index is 11.4. The van der Waals surface area contributed by atoms with Gasteiger partial charge in [-0.1, -0.05) is 11.9 Å². The second-order valence-corrected chi connectivity index (χ2v) is 5.17. The van der Waals surface area contributed by atoms with Crippen LogP contribution in [0.4, 0.5) is 0 Å². The van der Waals surface area contributed by atoms with Gasteiger partial charge in [0.15, 0.2) is 0 Å². The predicted molar refractivity (Wildman–Crippen MR) is 67.3 cm³/mol. The molecule has 0 amide bonds. The van der Waals surface area contributed by atoms with E-state index in [-0.39, 0.29) is 12.1 Å². The average Bonchev–Trinajstić information content (AvgIpc) is 2.20. The van der Waals surface area contributed by atoms with Crippen molar-refractivity contribution >= 4 is 17.9 Å². The minimum Gasteiger partial charge on any atom is -0.461 e. The van der Waals surface area contributed by atoms with E-state index in [0.717, 1.165) is 25.7 Å². The van der Waals surface area contributed by atoms with Crippen molar-refractivity contribution in [2.45, 2.75) is 37.8 Å². The summed E-state index contributed by atoms with van der Waals surface area (Å²) in [4.78, 5) is 13.3. The van der Waals surface area contributed by atoms with E-state index in [2.05, 4.69) is 4.72 Å². The quantitative estimate of drug-likeness (QED) is 0.584. The topological polar surface area (TPSA) is 41.6 Å². The van der Waals surface area contributed by atoms with E-state index in [9.17, 15) is 4.79 Å². The van der Waals surface area contributed by atoms with Crippen LogP contribution in [-0.2, 0) is 9.53 Å². The van der Waals surface area contributed by atoms with Crippen molar-refractivity contribution in [1.29, 1.82) is 0 Å². The van der Waals surface area contributed by atoms with Crippen LogP contribution in [0.3, 0.4) is 0 Å². The Morgan fingerprint density at radius 2 is 2.00 bits per heavy atom. The molecular formula is C11H22N2O2S. The highest BCUT2D eigenvalue weighted by Crippen LogP contribution is 2.22. The van der Waals surface area contributed by atoms with Crippen LogP contribution in [0, 0.1) is 0 Å². The molecule has 0 aliphatic heterocycles. The van der Waals surface area contributed by atoms with Crippen molar-refractivity contribution in [1.82, 2.24) is 9.62 Å². The van der Waals surface area contributed by atoms with Crippen LogP contribution in [0.25, 0.3) is 0 Å². The average molecular weight is 246 g/mol. The van der Waals surface area contributed by atoms with Crippen LogP contribution < -0.4 is 4.72 Å². The summed E-state index contributed by atoms with van der Waals surface area (Å²) in [6, 6.07) is 0.582. The lowest BCUT2D eigenvalue weighted by atomic mass is 9.94. The highest BCUT2D eigenvalue weighted by atomic mass is 32.2. The molecule has 94 valence electrons. The van der Waals surface area contributed by atoms with E-state index >= 15 is 0 Å². The summed E-state index contributed by atoms with van der Waals surface area (Å²) in [6.07, 6.45) is 6.34. The number of likely N-dealkylation sites (N-methyl/N-ethyl adjacent to an activating group) is 1. The minimum absolute atomic E-state index is 0.105. The lowest BCUT2D eigenvalue weighted by Gasteiger charge is -2.28. The van der Waals surface area contributed by atoms with Crippen LogP contribution in [0.1, 0.15) is 25.7 Å². The number of nitrogens with one attached hydrogen (secondary N) is 1. The first-order valence-corrected chi connectivity index (χ1v) is 6.97. The first kappa shape index (κ1) is 13.8. The fourth-order valence-electron chi connectivity index (χ4n) is 1.95. The van der Waals surface area contributed by atoms with Gasteiger partial charge in [-0.25, -0.2) is 0 Å². The summed E-state index contributed by atoms with van der Waals surface area (Å²) in [7, 11) is 3.75. The molecule has 1 N–H and O–H groups in total. The Morgan fingerprint density at radius 3 is 2.50 bits per heavy atom. The van der Waals surface area contributed by atoms with Gasteiger partial charge in [-0.05, 0) is 46.0 Å². The van der Waals surface area contributed by atoms with Crippen LogP contribution in [0.5, 0.6) is 0 Å². The Kier molecular flexibility index (Phi) is 6.16. The van der Waals surface area contributed by atoms with E-state index < -0.39 is 0 Å². The SMILES string of the molecule is CSNC1CCC(OC(=O)CN(C)C)CC1. The van der Waals surface area contributed by atoms with Crippen molar-refractivity contribution in [2.75, 3.05) is 26.9 Å². The van der Waals surface area contributed by atoms with E-state index in [1.807, 2.05) is 25.3 Å². The van der Waals surface area contributed by atoms with Gasteiger partial charge >= 0.3 is 5.97 Å². The zero-order chi connectivity index (χ0) is 12.0. The van der Waals surface area contributed by atoms with Crippen molar-refractivity contribution < 1.29 is 9.53 Å². The number of ether oxygens (including phenoxy) is 1. The number of hydrogen-bond acceptors (Lipinski definition) is 5. The highest BCUT2D eigenvalue weighted by molar-refractivity contribution is 7.96. The summed E-state index contributed by atoms with van der Waals surface area (Å²) in [5.41, 5.74) is 0. The molecule has 0 aromatic carbocycles. The minimum atomic E-state index is -0.105. The molecule has 1 saturated carbocycles. The van der Waals surface area contributed by atoms with Crippen molar-refractivity contribution in [3.63, 3.8) is 0 Å². The number of nitrogens with zero attached hydrogens (tertiary/aromatic N) is 1. The molecule has 0 radical (unpaired) electrons. The maximum Gasteiger partial charge on any atom is 0.320 e. The maximum atomic E-state index is 11.4. The number of rotatable bonds is 5. The van der Waals surface area contributed by atoms with Gasteiger partial charge in [-0.2, -0.15) is 0 Å². The van der Waals surface area contributed by atoms with Crippen LogP contribution in [0.15, 0.2) is 0 Å². The van der Waals surface area contributed by atoms with Crippen LogP contribution >= 0.6 is 11.9 Å². The third-order valence-electron chi connectivity index (χ3n) is 2.70. The fourth-order valence-corrected chi connectivity index (χ4v) is 2.52. The standard InChI is InChI=1S/C11H22N2O2S/c1-13(2)8-11(14)15-10-6-4-9(5-7-10)12-16-3/h9-10,12H,4-8H2,1-3H3. The molecule has 4 nitrogen and oxygen atoms in total. The third kappa shape index (κ3) is 5.18. The molecule has 1 aliphatic rings. The molecule has 1 fully saturated rings. The first-order chi connectivity index (χ1) is 7.61. The molecule has 0 saturated heterocycles. The van der Waals surface area contributed by atoms with Crippen molar-refractivity contribution in [3.05, 3.63) is 0 Å². The Bertz CT molecular complexity index is 216. The first-order valence-electron chi connectivity index (χ1n) is 5.74. The molecule has 0 aromatic rings. The lowest BCUT2D eigenvalue weighted by molar-refractivity contribution is -0.151. The fraction of sp³-hybridized carbons (Fsp3) is 0.909. The molecule has 0 heterocycles. The van der Waals surface area contributed by atoms with Gasteiger partial charge in [0.05, 0.1) is 6.54 Å². The van der Waals surface area contributed by atoms with E-state index in [1.165, 1.54) is 0 Å². The van der Waals surface area contributed by atoms with Gasteiger partial charge in [-0.15, -0.1) is 0 Å². The Labute approximate surface area is 102 Å². The Balaban J connectivity index is 2.19. The number of esters is 1. The molecule has 0 spiro atoms. The summed E-state index contributed by atoms with van der Waals surface area (Å²) in [6.45, 7) is 0.378. The number of carbonyl (C=O) groups is 1. The van der Waals surface area contributed by atoms with E-state index in [1.54, 1.807) is 11.9 Å². The second kappa shape index (κ2) is 7.14. The van der Waals surface area contributed by atoms with Gasteiger partial charge in [-0.3, -0.25) is 14.4 Å². The summed E-state index contributed by atoms with van der Waals surface area (Å²) >= 11 is 1.67. The molecule has 0 aromatic heterocycles. The molecule has 0 bridgehead atoms. The van der Waals surface area contributed by atoms with Gasteiger partial charge in [0, 0.05) is 6.04 Å². The Morgan fingerprint density at radius 1 is 1.38 bits per heavy atom. The normalized spacial score (nSPS) is 25.8. The zero-order valence-corrected chi connectivity index (χ0v) is 11.2. The molecular weight excluding hydrogens is 224 g/mol. The molecule has 0 atom stereocenters. The lowest BCUT2D eigenvalue weighted by Crippen LogP contribution is -2.34. The molecule has 1 aliphatic carbocycles. The van der Waals surface area contributed by atoms with Gasteiger partial charge in [0.1, 0.15) is 6.10 Å². The van der Waals surface area contributed by atoms with Gasteiger partial charge in [0.25, 0.3) is 0 Å². The monoisotopic (exact) mass is 246 g/mol. The van der Waals surface area contributed by atoms with Crippen LogP contribution in [-0.4, -0.2) is 49.9 Å². The number of carbonyl (C=O) groups excluding carboxylic acids is 1. The Hall–Kier alpha value is -0.260. The second-order valence-electron chi connectivity index (χ2n) is 4.52. The predicted octanol–water partition coefficient (Wildman–Crippen LogP) is 1.27. The largest absolute Gasteiger partial charge is 0.461 e. The number of hydrogen-bond donors (Lipinski definition) is 1. The van der Waals surface area contributed by atoms with E-state index in [4.69, 9.17) is 4.74 Å². The summed E-state index contributed by atoms with van der Waals surface area (Å²) in [5.74, 6) is -0.105. The smallest absolute Gasteiger partial charge is 0.320 e. The van der Waals surface area contributed by atoms with E-state index in [0.29, 0.717) is 12.6 Å². The van der Waals surface area contributed by atoms with Gasteiger partial charge < -0.3 is 4.74 Å². The van der Waals surface area contributed by atoms with Crippen LogP contribution in [0.2, 0.25) is 0 Å². The van der Waals surface area contributed by atoms with Crippen molar-refractivity contribution in [2.24, 2.45) is 0 Å². The third-order valence-corrected chi connectivity index (χ3v) is 3.27. The van der Waals surface area contributed by atoms with Crippen molar-refractivity contribution in [3.8, 4) is 0 Å². The summed E-state index contributed by atoms with van der Waals surface area (Å²) < 4.78 is 8.77. The highest BCUT2D eigenvalue weighted by Gasteiger charge is 2.23. The molecule has 5 heteroatoms. The zero-order valence-electron chi connectivity index (χ0n) is 10.4. The molecule has 0 unspecified atom stereocenters. The van der Waals surface area contributed by atoms with Gasteiger partial charge in [0.2, 0.25) is 0 Å². The molecule has 16 heavy (non-hydrogen) atoms. The molecule has 1 rings (SSSR count).